The topological polar surface area (TPSA) is 63.2 Å². The monoisotopic (exact) mass is 779 g/mol. The second-order valence-corrected chi connectivity index (χ2v) is 18.2. The van der Waals surface area contributed by atoms with E-state index in [1.807, 2.05) is 24.3 Å². The Morgan fingerprint density at radius 3 is 1.76 bits per heavy atom. The van der Waals surface area contributed by atoms with Gasteiger partial charge in [-0.05, 0) is 54.5 Å². The van der Waals surface area contributed by atoms with Crippen molar-refractivity contribution in [2.45, 2.75) is 142 Å². The third kappa shape index (κ3) is 8.76. The quantitative estimate of drug-likeness (QED) is 0.0480. The predicted octanol–water partition coefficient (Wildman–Crippen LogP) is 15.0. The molecular formula is C46H57N3O2S3. The van der Waals surface area contributed by atoms with Gasteiger partial charge >= 0.3 is 0 Å². The van der Waals surface area contributed by atoms with Gasteiger partial charge in [-0.15, -0.1) is 22.7 Å². The number of carbonyl (C=O) groups is 2. The van der Waals surface area contributed by atoms with Crippen LogP contribution >= 0.6 is 34.4 Å². The first kappa shape index (κ1) is 39.1. The van der Waals surface area contributed by atoms with Gasteiger partial charge in [0.25, 0.3) is 11.8 Å². The number of imide groups is 1. The number of carbonyl (C=O) groups excluding carboxylic acids is 2. The Labute approximate surface area is 333 Å². The highest BCUT2D eigenvalue weighted by molar-refractivity contribution is 7.24. The summed E-state index contributed by atoms with van der Waals surface area (Å²) in [5.41, 5.74) is 4.06. The summed E-state index contributed by atoms with van der Waals surface area (Å²) in [5, 5.41) is 6.65. The fourth-order valence-corrected chi connectivity index (χ4v) is 11.3. The number of amides is 2. The van der Waals surface area contributed by atoms with Crippen LogP contribution in [0.15, 0.2) is 47.8 Å². The van der Waals surface area contributed by atoms with Crippen LogP contribution in [0.4, 0.5) is 0 Å². The molecule has 286 valence electrons. The minimum atomic E-state index is -0.115. The first-order valence-corrected chi connectivity index (χ1v) is 23.5. The Balaban J connectivity index is 1.08. The van der Waals surface area contributed by atoms with Crippen LogP contribution in [0.25, 0.3) is 52.4 Å². The summed E-state index contributed by atoms with van der Waals surface area (Å²) in [4.78, 5) is 31.1. The molecule has 0 aliphatic carbocycles. The zero-order chi connectivity index (χ0) is 37.3. The zero-order valence-corrected chi connectivity index (χ0v) is 34.9. The van der Waals surface area contributed by atoms with Crippen LogP contribution in [0.5, 0.6) is 0 Å². The van der Waals surface area contributed by atoms with Crippen LogP contribution in [0.1, 0.15) is 163 Å². The van der Waals surface area contributed by atoms with Crippen LogP contribution in [0.2, 0.25) is 0 Å². The van der Waals surface area contributed by atoms with Crippen LogP contribution in [-0.4, -0.2) is 32.0 Å². The maximum atomic E-state index is 14.2. The standard InChI is InChI=1S/C46H57N3O2S3/c1-3-5-7-9-11-13-14-16-18-20-23-32(22-19-17-15-12-10-8-6-4-2)31-49-45(50)38-28-35-36(29-39(38)46(49)51)44-37(33-26-27-52-43(33)35)30-41(53-44)34-24-21-25-40-42(34)48-54-47-40/h21,24-30,32H,3-20,22-23,31H2,1-2H3. The third-order valence-electron chi connectivity index (χ3n) is 11.7. The van der Waals surface area contributed by atoms with Gasteiger partial charge < -0.3 is 0 Å². The molecule has 0 saturated carbocycles. The van der Waals surface area contributed by atoms with Crippen LogP contribution in [-0.2, 0) is 0 Å². The Hall–Kier alpha value is -3.20. The van der Waals surface area contributed by atoms with Gasteiger partial charge in [0.1, 0.15) is 11.0 Å². The molecule has 1 atom stereocenters. The van der Waals surface area contributed by atoms with Crippen molar-refractivity contribution in [1.29, 1.82) is 0 Å². The Bertz CT molecular complexity index is 2180. The highest BCUT2D eigenvalue weighted by Gasteiger charge is 2.37. The molecule has 1 unspecified atom stereocenters. The molecule has 3 aromatic heterocycles. The predicted molar refractivity (Wildman–Crippen MR) is 234 cm³/mol. The molecule has 8 heteroatoms. The fourth-order valence-electron chi connectivity index (χ4n) is 8.61. The molecule has 0 radical (unpaired) electrons. The summed E-state index contributed by atoms with van der Waals surface area (Å²) in [6, 6.07) is 14.7. The van der Waals surface area contributed by atoms with Crippen molar-refractivity contribution in [1.82, 2.24) is 13.6 Å². The summed E-state index contributed by atoms with van der Waals surface area (Å²) in [5.74, 6) is 0.130. The summed E-state index contributed by atoms with van der Waals surface area (Å²) >= 11 is 4.70. The molecule has 0 N–H and O–H groups in total. The molecular weight excluding hydrogens is 723 g/mol. The molecule has 0 fully saturated rings. The van der Waals surface area contributed by atoms with Crippen LogP contribution in [0, 0.1) is 5.92 Å². The molecule has 7 rings (SSSR count). The Kier molecular flexibility index (Phi) is 13.8. The molecule has 0 spiro atoms. The number of nitrogens with zero attached hydrogens (tertiary/aromatic N) is 3. The summed E-state index contributed by atoms with van der Waals surface area (Å²) in [7, 11) is 0. The number of thiophene rings is 2. The number of hydrogen-bond donors (Lipinski definition) is 0. The SMILES string of the molecule is CCCCCCCCCCCCC(CCCCCCCCCC)CN1C(=O)c2cc3c(cc2C1=O)c1sc(-c2cccc4nsnc24)cc1c1ccsc13. The van der Waals surface area contributed by atoms with Crippen molar-refractivity contribution in [3.05, 3.63) is 59.0 Å². The average Bonchev–Trinajstić information content (AvgIpc) is 4.00. The van der Waals surface area contributed by atoms with Gasteiger partial charge in [-0.1, -0.05) is 142 Å². The maximum absolute atomic E-state index is 14.2. The van der Waals surface area contributed by atoms with Crippen molar-refractivity contribution in [2.75, 3.05) is 6.54 Å². The van der Waals surface area contributed by atoms with Crippen molar-refractivity contribution >= 4 is 88.2 Å². The number of rotatable bonds is 23. The molecule has 5 nitrogen and oxygen atoms in total. The Morgan fingerprint density at radius 1 is 0.593 bits per heavy atom. The van der Waals surface area contributed by atoms with E-state index in [9.17, 15) is 9.59 Å². The number of hydrogen-bond acceptors (Lipinski definition) is 7. The van der Waals surface area contributed by atoms with Crippen molar-refractivity contribution < 1.29 is 9.59 Å². The van der Waals surface area contributed by atoms with Gasteiger partial charge in [-0.2, -0.15) is 8.75 Å². The van der Waals surface area contributed by atoms with Crippen molar-refractivity contribution in [3.8, 4) is 10.4 Å². The van der Waals surface area contributed by atoms with Crippen LogP contribution in [0.3, 0.4) is 0 Å². The second kappa shape index (κ2) is 19.1. The summed E-state index contributed by atoms with van der Waals surface area (Å²) in [6.07, 6.45) is 25.8. The minimum Gasteiger partial charge on any atom is -0.274 e. The van der Waals surface area contributed by atoms with Crippen molar-refractivity contribution in [3.63, 3.8) is 0 Å². The molecule has 1 aliphatic heterocycles. The molecule has 6 aromatic rings. The molecule has 0 saturated heterocycles. The summed E-state index contributed by atoms with van der Waals surface area (Å²) < 4.78 is 11.4. The second-order valence-electron chi connectivity index (χ2n) is 15.7. The van der Waals surface area contributed by atoms with E-state index in [1.54, 1.807) is 27.6 Å². The van der Waals surface area contributed by atoms with Crippen LogP contribution < -0.4 is 0 Å². The highest BCUT2D eigenvalue weighted by Crippen LogP contribution is 2.46. The van der Waals surface area contributed by atoms with E-state index < -0.39 is 0 Å². The van der Waals surface area contributed by atoms with Gasteiger partial charge in [-0.25, -0.2) is 0 Å². The van der Waals surface area contributed by atoms with E-state index in [0.717, 1.165) is 49.8 Å². The normalized spacial score (nSPS) is 13.8. The van der Waals surface area contributed by atoms with Gasteiger partial charge in [0.2, 0.25) is 0 Å². The summed E-state index contributed by atoms with van der Waals surface area (Å²) in [6.45, 7) is 5.09. The average molecular weight is 780 g/mol. The lowest BCUT2D eigenvalue weighted by atomic mass is 9.93. The largest absolute Gasteiger partial charge is 0.274 e. The first-order chi connectivity index (χ1) is 26.6. The molecule has 54 heavy (non-hydrogen) atoms. The third-order valence-corrected chi connectivity index (χ3v) is 14.4. The lowest BCUT2D eigenvalue weighted by Crippen LogP contribution is -2.34. The van der Waals surface area contributed by atoms with Gasteiger partial charge in [0.15, 0.2) is 0 Å². The van der Waals surface area contributed by atoms with E-state index in [2.05, 4.69) is 46.2 Å². The molecule has 4 heterocycles. The molecule has 0 bridgehead atoms. The molecule has 1 aliphatic rings. The number of fused-ring (bicyclic) bond motifs is 8. The maximum Gasteiger partial charge on any atom is 0.261 e. The van der Waals surface area contributed by atoms with E-state index in [4.69, 9.17) is 0 Å². The van der Waals surface area contributed by atoms with Gasteiger partial charge in [0, 0.05) is 47.9 Å². The minimum absolute atomic E-state index is 0.111. The fraction of sp³-hybridized carbons (Fsp3) is 0.522. The van der Waals surface area contributed by atoms with E-state index in [-0.39, 0.29) is 11.8 Å². The number of unbranched alkanes of at least 4 members (excludes halogenated alkanes) is 16. The zero-order valence-electron chi connectivity index (χ0n) is 32.4. The van der Waals surface area contributed by atoms with E-state index in [1.165, 1.54) is 143 Å². The van der Waals surface area contributed by atoms with Gasteiger partial charge in [0.05, 0.1) is 22.9 Å². The first-order valence-electron chi connectivity index (χ1n) is 21.1. The Morgan fingerprint density at radius 2 is 1.15 bits per heavy atom. The van der Waals surface area contributed by atoms with E-state index >= 15 is 0 Å². The molecule has 2 amide bonds. The molecule has 3 aromatic carbocycles. The van der Waals surface area contributed by atoms with Crippen molar-refractivity contribution in [2.24, 2.45) is 5.92 Å². The lowest BCUT2D eigenvalue weighted by Gasteiger charge is -2.23. The van der Waals surface area contributed by atoms with Gasteiger partial charge in [-0.3, -0.25) is 14.5 Å². The lowest BCUT2D eigenvalue weighted by molar-refractivity contribution is 0.0621. The smallest absolute Gasteiger partial charge is 0.261 e. The number of aromatic nitrogens is 2. The highest BCUT2D eigenvalue weighted by atomic mass is 32.1. The number of benzene rings is 3. The van der Waals surface area contributed by atoms with E-state index in [0.29, 0.717) is 23.6 Å².